The van der Waals surface area contributed by atoms with Gasteiger partial charge in [-0.3, -0.25) is 4.79 Å². The van der Waals surface area contributed by atoms with Crippen LogP contribution in [0.1, 0.15) is 6.42 Å². The highest BCUT2D eigenvalue weighted by Gasteiger charge is 2.09. The van der Waals surface area contributed by atoms with Crippen molar-refractivity contribution in [3.63, 3.8) is 0 Å². The molecule has 1 N–H and O–H groups in total. The predicted molar refractivity (Wildman–Crippen MR) is 37.3 cm³/mol. The molecule has 0 unspecified atom stereocenters. The third kappa shape index (κ3) is 2.22. The lowest BCUT2D eigenvalue weighted by Crippen LogP contribution is -2.35. The van der Waals surface area contributed by atoms with Crippen LogP contribution < -0.4 is 4.68 Å². The first kappa shape index (κ1) is 8.51. The molecule has 0 aromatic carbocycles. The topological polar surface area (TPSA) is 80.0 Å². The second kappa shape index (κ2) is 3.70. The number of esters is 1. The standard InChI is InChI=1S/C6H9N3O3/c1-11-6(10)2-3-9-4-5(7)12-8-9/h4H,2-3H2,1H3,(H-,7,8). The fourth-order valence-corrected chi connectivity index (χ4v) is 0.692. The maximum atomic E-state index is 10.7. The second-order valence-corrected chi connectivity index (χ2v) is 2.16. The van der Waals surface area contributed by atoms with Gasteiger partial charge in [0.15, 0.2) is 11.8 Å². The van der Waals surface area contributed by atoms with Gasteiger partial charge < -0.3 is 15.0 Å². The van der Waals surface area contributed by atoms with E-state index in [1.807, 2.05) is 0 Å². The molecule has 0 saturated carbocycles. The van der Waals surface area contributed by atoms with Gasteiger partial charge in [0.2, 0.25) is 6.20 Å². The van der Waals surface area contributed by atoms with E-state index in [2.05, 4.69) is 14.5 Å². The molecule has 1 aromatic rings. The number of ether oxygens (including phenoxy) is 1. The molecular formula is C6H9N3O3. The highest BCUT2D eigenvalue weighted by atomic mass is 16.5. The molecule has 0 atom stereocenters. The van der Waals surface area contributed by atoms with Crippen LogP contribution >= 0.6 is 0 Å². The highest BCUT2D eigenvalue weighted by Crippen LogP contribution is 2.01. The molecule has 0 amide bonds. The maximum Gasteiger partial charge on any atom is 0.312 e. The summed E-state index contributed by atoms with van der Waals surface area (Å²) in [6.45, 7) is 0.370. The third-order valence-corrected chi connectivity index (χ3v) is 1.28. The van der Waals surface area contributed by atoms with Crippen molar-refractivity contribution in [1.82, 2.24) is 5.27 Å². The van der Waals surface area contributed by atoms with Gasteiger partial charge >= 0.3 is 5.97 Å². The minimum Gasteiger partial charge on any atom is -0.660 e. The van der Waals surface area contributed by atoms with E-state index in [9.17, 15) is 4.79 Å². The quantitative estimate of drug-likeness (QED) is 0.481. The molecule has 0 aliphatic carbocycles. The average Bonchev–Trinajstić information content (AvgIpc) is 2.47. The van der Waals surface area contributed by atoms with Crippen molar-refractivity contribution in [3.8, 4) is 0 Å². The Morgan fingerprint density at radius 1 is 1.92 bits per heavy atom. The van der Waals surface area contributed by atoms with Crippen molar-refractivity contribution in [1.29, 1.82) is 0 Å². The Morgan fingerprint density at radius 3 is 3.17 bits per heavy atom. The Morgan fingerprint density at radius 2 is 2.67 bits per heavy atom. The lowest BCUT2D eigenvalue weighted by atomic mass is 10.4. The number of carbonyl (C=O) groups excluding carboxylic acids is 1. The number of aromatic nitrogens is 2. The lowest BCUT2D eigenvalue weighted by Gasteiger charge is -1.91. The van der Waals surface area contributed by atoms with Crippen LogP contribution in [-0.4, -0.2) is 18.4 Å². The summed E-state index contributed by atoms with van der Waals surface area (Å²) >= 11 is 0. The SMILES string of the molecule is COC(=O)CC[n+]1cc([NH-])on1. The summed E-state index contributed by atoms with van der Waals surface area (Å²) in [6, 6.07) is 0. The third-order valence-electron chi connectivity index (χ3n) is 1.28. The zero-order chi connectivity index (χ0) is 8.97. The molecule has 6 nitrogen and oxygen atoms in total. The molecule has 66 valence electrons. The molecule has 1 rings (SSSR count). The first-order chi connectivity index (χ1) is 5.72. The summed E-state index contributed by atoms with van der Waals surface area (Å²) in [5.41, 5.74) is 6.98. The van der Waals surface area contributed by atoms with Crippen LogP contribution in [0.4, 0.5) is 5.88 Å². The minimum atomic E-state index is -0.308. The molecule has 12 heavy (non-hydrogen) atoms. The molecule has 0 aliphatic rings. The number of methoxy groups -OCH3 is 1. The van der Waals surface area contributed by atoms with Gasteiger partial charge in [-0.2, -0.15) is 0 Å². The van der Waals surface area contributed by atoms with Crippen molar-refractivity contribution >= 4 is 11.9 Å². The number of aryl methyl sites for hydroxylation is 1. The van der Waals surface area contributed by atoms with Gasteiger partial charge in [-0.15, -0.1) is 0 Å². The largest absolute Gasteiger partial charge is 0.660 e. The average molecular weight is 171 g/mol. The molecular weight excluding hydrogens is 162 g/mol. The maximum absolute atomic E-state index is 10.7. The molecule has 1 aromatic heterocycles. The van der Waals surface area contributed by atoms with Crippen molar-refractivity contribution in [3.05, 3.63) is 11.9 Å². The summed E-state index contributed by atoms with van der Waals surface area (Å²) < 4.78 is 10.3. The lowest BCUT2D eigenvalue weighted by molar-refractivity contribution is -0.761. The summed E-state index contributed by atoms with van der Waals surface area (Å²) in [5.74, 6) is -0.336. The Kier molecular flexibility index (Phi) is 2.62. The van der Waals surface area contributed by atoms with Gasteiger partial charge in [0.1, 0.15) is 12.3 Å². The number of nitrogens with one attached hydrogen (secondary N) is 1. The van der Waals surface area contributed by atoms with E-state index in [0.29, 0.717) is 6.54 Å². The van der Waals surface area contributed by atoms with Crippen molar-refractivity contribution in [2.45, 2.75) is 13.0 Å². The van der Waals surface area contributed by atoms with Crippen LogP contribution in [-0.2, 0) is 16.1 Å². The van der Waals surface area contributed by atoms with Crippen molar-refractivity contribution in [2.75, 3.05) is 7.11 Å². The van der Waals surface area contributed by atoms with E-state index in [0.717, 1.165) is 0 Å². The molecule has 0 saturated heterocycles. The van der Waals surface area contributed by atoms with Gasteiger partial charge in [0.05, 0.1) is 7.11 Å². The Labute approximate surface area is 68.9 Å². The number of hydrogen-bond acceptors (Lipinski definition) is 4. The van der Waals surface area contributed by atoms with Crippen LogP contribution in [0.5, 0.6) is 0 Å². The van der Waals surface area contributed by atoms with Gasteiger partial charge in [0, 0.05) is 0 Å². The molecule has 6 heteroatoms. The van der Waals surface area contributed by atoms with E-state index < -0.39 is 0 Å². The van der Waals surface area contributed by atoms with Crippen LogP contribution in [0.3, 0.4) is 0 Å². The number of hydrogen-bond donors (Lipinski definition) is 0. The molecule has 0 spiro atoms. The molecule has 1 heterocycles. The highest BCUT2D eigenvalue weighted by molar-refractivity contribution is 5.68. The van der Waals surface area contributed by atoms with Crippen molar-refractivity contribution < 1.29 is 18.7 Å². The molecule has 0 aliphatic heterocycles. The molecule has 0 bridgehead atoms. The van der Waals surface area contributed by atoms with E-state index in [-0.39, 0.29) is 18.3 Å². The van der Waals surface area contributed by atoms with E-state index in [4.69, 9.17) is 5.73 Å². The van der Waals surface area contributed by atoms with Crippen molar-refractivity contribution in [2.24, 2.45) is 0 Å². The zero-order valence-corrected chi connectivity index (χ0v) is 6.61. The first-order valence-electron chi connectivity index (χ1n) is 3.37. The number of nitrogens with zero attached hydrogens (tertiary/aromatic N) is 2. The van der Waals surface area contributed by atoms with E-state index in [1.54, 1.807) is 0 Å². The monoisotopic (exact) mass is 171 g/mol. The Balaban J connectivity index is 2.38. The normalized spacial score (nSPS) is 9.75. The smallest absolute Gasteiger partial charge is 0.312 e. The predicted octanol–water partition coefficient (Wildman–Crippen LogP) is 0.209. The summed E-state index contributed by atoms with van der Waals surface area (Å²) in [4.78, 5) is 10.7. The van der Waals surface area contributed by atoms with E-state index in [1.165, 1.54) is 18.0 Å². The van der Waals surface area contributed by atoms with Gasteiger partial charge in [-0.1, -0.05) is 4.68 Å². The van der Waals surface area contributed by atoms with Crippen LogP contribution in [0.15, 0.2) is 10.7 Å². The Hall–Kier alpha value is -1.59. The fraction of sp³-hybridized carbons (Fsp3) is 0.500. The molecule has 0 fully saturated rings. The second-order valence-electron chi connectivity index (χ2n) is 2.16. The van der Waals surface area contributed by atoms with Crippen LogP contribution in [0.2, 0.25) is 0 Å². The first-order valence-corrected chi connectivity index (χ1v) is 3.37. The summed E-state index contributed by atoms with van der Waals surface area (Å²) in [5, 5.41) is 3.47. The zero-order valence-electron chi connectivity index (χ0n) is 6.61. The van der Waals surface area contributed by atoms with Gasteiger partial charge in [0.25, 0.3) is 0 Å². The Bertz CT molecular complexity index is 271. The number of carbonyl (C=O) groups is 1. The van der Waals surface area contributed by atoms with Crippen LogP contribution in [0, 0.1) is 0 Å². The summed E-state index contributed by atoms with van der Waals surface area (Å²) in [7, 11) is 1.33. The molecule has 0 radical (unpaired) electrons. The minimum absolute atomic E-state index is 0.0279. The van der Waals surface area contributed by atoms with Gasteiger partial charge in [-0.05, 0) is 0 Å². The number of rotatable bonds is 3. The van der Waals surface area contributed by atoms with Gasteiger partial charge in [-0.25, -0.2) is 0 Å². The van der Waals surface area contributed by atoms with Crippen LogP contribution in [0.25, 0.3) is 5.73 Å². The fourth-order valence-electron chi connectivity index (χ4n) is 0.692. The summed E-state index contributed by atoms with van der Waals surface area (Å²) in [6.07, 6.45) is 1.62. The van der Waals surface area contributed by atoms with E-state index >= 15 is 0 Å².